The van der Waals surface area contributed by atoms with E-state index in [2.05, 4.69) is 20.3 Å². The zero-order valence-corrected chi connectivity index (χ0v) is 23.2. The van der Waals surface area contributed by atoms with E-state index in [4.69, 9.17) is 10.8 Å². The lowest BCUT2D eigenvalue weighted by atomic mass is 10.0. The molecule has 2 atom stereocenters. The topological polar surface area (TPSA) is 265 Å². The first-order valence-corrected chi connectivity index (χ1v) is 16.2. The van der Waals surface area contributed by atoms with Crippen LogP contribution in [0.5, 0.6) is 0 Å². The lowest BCUT2D eigenvalue weighted by Gasteiger charge is -2.49. The van der Waals surface area contributed by atoms with Gasteiger partial charge in [-0.15, -0.1) is 23.1 Å². The molecule has 0 aromatic carbocycles. The van der Waals surface area contributed by atoms with E-state index in [-0.39, 0.29) is 22.2 Å². The zero-order valence-electron chi connectivity index (χ0n) is 19.9. The highest BCUT2D eigenvalue weighted by molar-refractivity contribution is 8.00. The average molecular weight is 627 g/mol. The van der Waals surface area contributed by atoms with Crippen molar-refractivity contribution < 1.29 is 51.1 Å². The molecule has 214 valence electrons. The number of carbonyl (C=O) groups is 4. The fraction of sp³-hybridized carbons (Fsp3) is 0.444. The number of carboxylic acids is 2. The number of aliphatic carboxylic acids is 2. The molecule has 1 fully saturated rings. The van der Waals surface area contributed by atoms with Crippen molar-refractivity contribution in [2.45, 2.75) is 11.4 Å². The number of amides is 2. The fourth-order valence-corrected chi connectivity index (χ4v) is 7.43. The molecular formula is C18H22N6O11S4. The highest BCUT2D eigenvalue weighted by Gasteiger charge is 2.54. The standard InChI is InChI=1S/C18H22N6O11S4/c1-38(31,32)20-2-3-39(33,34)7-8-5-36-16-12(15(28)24(16)13(8)17(29)30)22-14(27)11(23-35-4-10(25)26)9-6-37-18(19)21-9/h6,12,16,20H,2-5,7H2,1H3,(H2,19,21)(H,22,27)(H,25,26)(H,29,30)/b23-11-/t12?,16-/m1/s1. The summed E-state index contributed by atoms with van der Waals surface area (Å²) in [5.74, 6) is -6.15. The third-order valence-corrected chi connectivity index (χ3v) is 9.39. The smallest absolute Gasteiger partial charge is 0.352 e. The number of thioether (sulfide) groups is 1. The molecule has 21 heteroatoms. The van der Waals surface area contributed by atoms with E-state index in [1.807, 2.05) is 4.72 Å². The number of hydrogen-bond acceptors (Lipinski definition) is 14. The van der Waals surface area contributed by atoms with Gasteiger partial charge in [-0.1, -0.05) is 5.16 Å². The summed E-state index contributed by atoms with van der Waals surface area (Å²) in [4.78, 5) is 57.9. The maximum atomic E-state index is 12.9. The Morgan fingerprint density at radius 1 is 1.28 bits per heavy atom. The summed E-state index contributed by atoms with van der Waals surface area (Å²) in [6.07, 6.45) is 0.859. The van der Waals surface area contributed by atoms with Gasteiger partial charge in [-0.2, -0.15) is 0 Å². The van der Waals surface area contributed by atoms with Gasteiger partial charge in [-0.25, -0.2) is 36.1 Å². The lowest BCUT2D eigenvalue weighted by Crippen LogP contribution is -2.71. The van der Waals surface area contributed by atoms with Gasteiger partial charge < -0.3 is 26.1 Å². The monoisotopic (exact) mass is 626 g/mol. The van der Waals surface area contributed by atoms with Crippen LogP contribution in [0.25, 0.3) is 0 Å². The van der Waals surface area contributed by atoms with E-state index in [1.165, 1.54) is 5.38 Å². The van der Waals surface area contributed by atoms with Gasteiger partial charge in [0.05, 0.1) is 17.8 Å². The first-order chi connectivity index (χ1) is 18.1. The van der Waals surface area contributed by atoms with E-state index in [1.54, 1.807) is 0 Å². The predicted molar refractivity (Wildman–Crippen MR) is 138 cm³/mol. The van der Waals surface area contributed by atoms with Crippen LogP contribution in [0.2, 0.25) is 0 Å². The van der Waals surface area contributed by atoms with Gasteiger partial charge in [0.1, 0.15) is 22.8 Å². The second-order valence-corrected chi connectivity index (χ2v) is 14.1. The Morgan fingerprint density at radius 3 is 2.54 bits per heavy atom. The molecule has 0 saturated carbocycles. The molecule has 1 saturated heterocycles. The van der Waals surface area contributed by atoms with Crippen LogP contribution in [-0.2, 0) is 43.9 Å². The molecule has 1 aromatic rings. The maximum Gasteiger partial charge on any atom is 0.352 e. The van der Waals surface area contributed by atoms with Gasteiger partial charge in [0.15, 0.2) is 20.7 Å². The number of nitrogens with two attached hydrogens (primary N) is 1. The van der Waals surface area contributed by atoms with Crippen molar-refractivity contribution >= 4 is 77.6 Å². The third kappa shape index (κ3) is 7.65. The van der Waals surface area contributed by atoms with E-state index >= 15 is 0 Å². The summed E-state index contributed by atoms with van der Waals surface area (Å²) in [5.41, 5.74) is 4.44. The van der Waals surface area contributed by atoms with Crippen LogP contribution in [-0.4, -0.2) is 114 Å². The molecule has 1 aromatic heterocycles. The molecule has 0 bridgehead atoms. The molecule has 2 aliphatic rings. The molecular weight excluding hydrogens is 604 g/mol. The summed E-state index contributed by atoms with van der Waals surface area (Å²) in [5, 5.41) is 24.9. The van der Waals surface area contributed by atoms with Gasteiger partial charge in [-0.05, 0) is 5.57 Å². The van der Waals surface area contributed by atoms with Crippen molar-refractivity contribution in [1.82, 2.24) is 19.9 Å². The number of nitrogens with zero attached hydrogens (tertiary/aromatic N) is 3. The second-order valence-electron chi connectivity index (χ2n) is 8.05. The summed E-state index contributed by atoms with van der Waals surface area (Å²) in [7, 11) is -7.58. The number of hydrogen-bond donors (Lipinski definition) is 5. The number of carboxylic acid groups (broad SMARTS) is 2. The van der Waals surface area contributed by atoms with Crippen molar-refractivity contribution in [2.24, 2.45) is 5.16 Å². The fourth-order valence-electron chi connectivity index (χ4n) is 3.48. The number of aromatic nitrogens is 1. The number of nitrogen functional groups attached to an aromatic ring is 1. The van der Waals surface area contributed by atoms with Crippen molar-refractivity contribution in [3.8, 4) is 0 Å². The van der Waals surface area contributed by atoms with Crippen LogP contribution >= 0.6 is 23.1 Å². The number of oxime groups is 1. The molecule has 2 amide bonds. The van der Waals surface area contributed by atoms with Gasteiger partial charge in [0, 0.05) is 17.7 Å². The number of sulfone groups is 1. The molecule has 0 aliphatic carbocycles. The zero-order chi connectivity index (χ0) is 29.1. The molecule has 2 aliphatic heterocycles. The van der Waals surface area contributed by atoms with Gasteiger partial charge in [0.25, 0.3) is 11.8 Å². The van der Waals surface area contributed by atoms with E-state index in [0.29, 0.717) is 0 Å². The van der Waals surface area contributed by atoms with Crippen LogP contribution in [0.1, 0.15) is 5.69 Å². The molecule has 0 radical (unpaired) electrons. The first kappa shape index (κ1) is 30.3. The lowest BCUT2D eigenvalue weighted by molar-refractivity contribution is -0.150. The van der Waals surface area contributed by atoms with Crippen molar-refractivity contribution in [1.29, 1.82) is 0 Å². The summed E-state index contributed by atoms with van der Waals surface area (Å²) in [6.45, 7) is -1.28. The quantitative estimate of drug-likeness (QED) is 0.0843. The molecule has 1 unspecified atom stereocenters. The number of sulfonamides is 1. The minimum absolute atomic E-state index is 0.0516. The highest BCUT2D eigenvalue weighted by Crippen LogP contribution is 2.40. The van der Waals surface area contributed by atoms with Crippen molar-refractivity contribution in [3.63, 3.8) is 0 Å². The van der Waals surface area contributed by atoms with E-state index in [0.717, 1.165) is 34.3 Å². The predicted octanol–water partition coefficient (Wildman–Crippen LogP) is -2.77. The Kier molecular flexibility index (Phi) is 9.20. The number of nitrogens with one attached hydrogen (secondary N) is 2. The molecule has 6 N–H and O–H groups in total. The Hall–Kier alpha value is -3.27. The molecule has 39 heavy (non-hydrogen) atoms. The number of thiazole rings is 1. The number of fused-ring (bicyclic) bond motifs is 1. The maximum absolute atomic E-state index is 12.9. The van der Waals surface area contributed by atoms with Crippen LogP contribution in [0.15, 0.2) is 21.8 Å². The number of carbonyl (C=O) groups excluding carboxylic acids is 2. The van der Waals surface area contributed by atoms with Crippen molar-refractivity contribution in [2.75, 3.05) is 42.4 Å². The van der Waals surface area contributed by atoms with Crippen LogP contribution in [0.4, 0.5) is 5.13 Å². The second kappa shape index (κ2) is 11.9. The summed E-state index contributed by atoms with van der Waals surface area (Å²) < 4.78 is 49.3. The summed E-state index contributed by atoms with van der Waals surface area (Å²) >= 11 is 1.97. The SMILES string of the molecule is CS(=O)(=O)NCCS(=O)(=O)CC1=C(C(=O)O)N2C(=O)C(NC(=O)/C(=N\OCC(=O)O)c3csc(N)n3)[C@H]2SC1. The molecule has 3 heterocycles. The molecule has 3 rings (SSSR count). The van der Waals surface area contributed by atoms with Crippen molar-refractivity contribution in [3.05, 3.63) is 22.3 Å². The van der Waals surface area contributed by atoms with Gasteiger partial charge in [-0.3, -0.25) is 14.5 Å². The Bertz CT molecular complexity index is 1470. The average Bonchev–Trinajstić information content (AvgIpc) is 3.23. The Labute approximate surface area is 229 Å². The normalized spacial score (nSPS) is 19.8. The number of β-lactam (4-membered cyclic amide) rings is 1. The van der Waals surface area contributed by atoms with Gasteiger partial charge >= 0.3 is 11.9 Å². The highest BCUT2D eigenvalue weighted by atomic mass is 32.2. The molecule has 17 nitrogen and oxygen atoms in total. The molecule has 0 spiro atoms. The minimum atomic E-state index is -3.95. The van der Waals surface area contributed by atoms with E-state index < -0.39 is 91.1 Å². The largest absolute Gasteiger partial charge is 0.479 e. The van der Waals surface area contributed by atoms with Crippen LogP contribution in [0, 0.1) is 0 Å². The van der Waals surface area contributed by atoms with Gasteiger partial charge in [0.2, 0.25) is 16.6 Å². The minimum Gasteiger partial charge on any atom is -0.479 e. The van der Waals surface area contributed by atoms with Crippen LogP contribution in [0.3, 0.4) is 0 Å². The third-order valence-electron chi connectivity index (χ3n) is 5.03. The number of rotatable bonds is 13. The Balaban J connectivity index is 1.76. The van der Waals surface area contributed by atoms with Crippen LogP contribution < -0.4 is 15.8 Å². The Morgan fingerprint density at radius 2 is 1.97 bits per heavy atom. The summed E-state index contributed by atoms with van der Waals surface area (Å²) in [6, 6.07) is -1.23. The van der Waals surface area contributed by atoms with E-state index in [9.17, 15) is 41.1 Å². The number of anilines is 1. The first-order valence-electron chi connectivity index (χ1n) is 10.6.